The fourth-order valence-corrected chi connectivity index (χ4v) is 1.21. The first-order valence-corrected chi connectivity index (χ1v) is 4.05. The van der Waals surface area contributed by atoms with Crippen molar-refractivity contribution in [1.29, 1.82) is 0 Å². The lowest BCUT2D eigenvalue weighted by Gasteiger charge is -2.04. The molecular weight excluding hydrogens is 182 g/mol. The van der Waals surface area contributed by atoms with E-state index in [0.717, 1.165) is 0 Å². The van der Waals surface area contributed by atoms with Crippen molar-refractivity contribution in [2.45, 2.75) is 6.23 Å². The minimum atomic E-state index is -0.498. The summed E-state index contributed by atoms with van der Waals surface area (Å²) in [7, 11) is 0. The summed E-state index contributed by atoms with van der Waals surface area (Å²) in [6.07, 6.45) is 4.20. The standard InChI is InChI=1S/C8H5N5O/c1-2-9-5(10-3-1)8-13-6-7(14-8)12-4-11-6/h1-4,8H. The van der Waals surface area contributed by atoms with Crippen LogP contribution in [0.25, 0.3) is 0 Å². The van der Waals surface area contributed by atoms with Crippen LogP contribution in [0.1, 0.15) is 12.1 Å². The number of hydrogen-bond donors (Lipinski definition) is 0. The largest absolute Gasteiger partial charge is 0.441 e. The van der Waals surface area contributed by atoms with Crippen LogP contribution in [0.4, 0.5) is 0 Å². The molecule has 0 aliphatic carbocycles. The van der Waals surface area contributed by atoms with Gasteiger partial charge in [-0.1, -0.05) is 0 Å². The highest BCUT2D eigenvalue weighted by Crippen LogP contribution is 2.23. The number of nitrogens with zero attached hydrogens (tertiary/aromatic N) is 5. The van der Waals surface area contributed by atoms with Crippen molar-refractivity contribution < 1.29 is 4.74 Å². The van der Waals surface area contributed by atoms with Crippen LogP contribution in [0.2, 0.25) is 0 Å². The molecule has 0 amide bonds. The molecule has 0 radical (unpaired) electrons. The first-order valence-electron chi connectivity index (χ1n) is 4.05. The minimum Gasteiger partial charge on any atom is -0.441 e. The second-order valence-corrected chi connectivity index (χ2v) is 2.71. The first-order chi connectivity index (χ1) is 6.93. The lowest BCUT2D eigenvalue weighted by molar-refractivity contribution is 0.211. The third kappa shape index (κ3) is 1.00. The summed E-state index contributed by atoms with van der Waals surface area (Å²) in [5.41, 5.74) is 0. The zero-order chi connectivity index (χ0) is 9.38. The van der Waals surface area contributed by atoms with Crippen LogP contribution in [-0.4, -0.2) is 28.0 Å². The quantitative estimate of drug-likeness (QED) is 0.636. The van der Waals surface area contributed by atoms with Crippen LogP contribution in [-0.2, 0) is 4.74 Å². The first kappa shape index (κ1) is 7.31. The molecule has 14 heavy (non-hydrogen) atoms. The van der Waals surface area contributed by atoms with Gasteiger partial charge in [-0.25, -0.2) is 20.0 Å². The second-order valence-electron chi connectivity index (χ2n) is 2.71. The van der Waals surface area contributed by atoms with Gasteiger partial charge in [-0.2, -0.15) is 4.99 Å². The molecule has 0 aromatic carbocycles. The highest BCUT2D eigenvalue weighted by molar-refractivity contribution is 6.43. The van der Waals surface area contributed by atoms with Crippen molar-refractivity contribution in [2.24, 2.45) is 15.0 Å². The maximum absolute atomic E-state index is 5.37. The number of aliphatic imine (C=N–C) groups is 3. The fraction of sp³-hybridized carbons (Fsp3) is 0.125. The van der Waals surface area contributed by atoms with Crippen molar-refractivity contribution in [3.8, 4) is 0 Å². The summed E-state index contributed by atoms with van der Waals surface area (Å²) >= 11 is 0. The number of aromatic nitrogens is 2. The van der Waals surface area contributed by atoms with Crippen molar-refractivity contribution in [2.75, 3.05) is 0 Å². The van der Waals surface area contributed by atoms with Gasteiger partial charge in [-0.05, 0) is 6.07 Å². The molecule has 6 nitrogen and oxygen atoms in total. The summed E-state index contributed by atoms with van der Waals surface area (Å²) in [5, 5.41) is 0. The molecule has 0 spiro atoms. The van der Waals surface area contributed by atoms with E-state index >= 15 is 0 Å². The fourth-order valence-electron chi connectivity index (χ4n) is 1.21. The van der Waals surface area contributed by atoms with Gasteiger partial charge in [0.05, 0.1) is 0 Å². The van der Waals surface area contributed by atoms with E-state index in [4.69, 9.17) is 4.74 Å². The predicted octanol–water partition coefficient (Wildman–Crippen LogP) is 0.344. The SMILES string of the molecule is C1=NC2=NC(c3ncccn3)OC2=N1. The highest BCUT2D eigenvalue weighted by atomic mass is 16.5. The van der Waals surface area contributed by atoms with Gasteiger partial charge in [-0.15, -0.1) is 0 Å². The molecule has 3 heterocycles. The van der Waals surface area contributed by atoms with Gasteiger partial charge in [0.15, 0.2) is 5.82 Å². The number of fused-ring (bicyclic) bond motifs is 1. The molecule has 6 heteroatoms. The summed E-state index contributed by atoms with van der Waals surface area (Å²) in [4.78, 5) is 20.0. The minimum absolute atomic E-state index is 0.447. The van der Waals surface area contributed by atoms with Crippen LogP contribution in [0.5, 0.6) is 0 Å². The summed E-state index contributed by atoms with van der Waals surface area (Å²) < 4.78 is 5.37. The van der Waals surface area contributed by atoms with Gasteiger partial charge in [0.2, 0.25) is 5.84 Å². The van der Waals surface area contributed by atoms with E-state index in [9.17, 15) is 0 Å². The number of rotatable bonds is 1. The molecule has 68 valence electrons. The summed E-state index contributed by atoms with van der Waals surface area (Å²) in [6, 6.07) is 1.74. The van der Waals surface area contributed by atoms with Crippen molar-refractivity contribution in [3.63, 3.8) is 0 Å². The van der Waals surface area contributed by atoms with Gasteiger partial charge < -0.3 is 4.74 Å². The Bertz CT molecular complexity index is 450. The number of amidine groups is 1. The zero-order valence-electron chi connectivity index (χ0n) is 7.03. The summed E-state index contributed by atoms with van der Waals surface area (Å²) in [6.45, 7) is 0. The van der Waals surface area contributed by atoms with E-state index in [0.29, 0.717) is 17.6 Å². The normalized spacial score (nSPS) is 22.7. The van der Waals surface area contributed by atoms with E-state index in [1.54, 1.807) is 18.5 Å². The van der Waals surface area contributed by atoms with Gasteiger partial charge in [-0.3, -0.25) is 0 Å². The van der Waals surface area contributed by atoms with Gasteiger partial charge in [0.1, 0.15) is 6.34 Å². The van der Waals surface area contributed by atoms with Crippen molar-refractivity contribution in [1.82, 2.24) is 9.97 Å². The summed E-state index contributed by atoms with van der Waals surface area (Å²) in [5.74, 6) is 1.48. The van der Waals surface area contributed by atoms with Gasteiger partial charge >= 0.3 is 0 Å². The molecule has 1 unspecified atom stereocenters. The molecule has 2 aliphatic rings. The maximum atomic E-state index is 5.37. The molecule has 1 atom stereocenters. The van der Waals surface area contributed by atoms with Gasteiger partial charge in [0, 0.05) is 12.4 Å². The Kier molecular flexibility index (Phi) is 1.41. The molecule has 0 saturated heterocycles. The molecule has 3 rings (SSSR count). The van der Waals surface area contributed by atoms with E-state index in [1.165, 1.54) is 6.34 Å². The number of ether oxygens (including phenoxy) is 1. The molecular formula is C8H5N5O. The highest BCUT2D eigenvalue weighted by Gasteiger charge is 2.29. The van der Waals surface area contributed by atoms with Crippen LogP contribution >= 0.6 is 0 Å². The monoisotopic (exact) mass is 187 g/mol. The Morgan fingerprint density at radius 1 is 1.21 bits per heavy atom. The Morgan fingerprint density at radius 2 is 2.07 bits per heavy atom. The van der Waals surface area contributed by atoms with E-state index in [2.05, 4.69) is 24.9 Å². The topological polar surface area (TPSA) is 72.1 Å². The molecule has 0 bridgehead atoms. The number of hydrogen-bond acceptors (Lipinski definition) is 6. The predicted molar refractivity (Wildman–Crippen MR) is 49.2 cm³/mol. The van der Waals surface area contributed by atoms with Crippen LogP contribution < -0.4 is 0 Å². The maximum Gasteiger partial charge on any atom is 0.263 e. The lowest BCUT2D eigenvalue weighted by atomic mass is 10.5. The second kappa shape index (κ2) is 2.69. The van der Waals surface area contributed by atoms with Crippen LogP contribution in [0, 0.1) is 0 Å². The average molecular weight is 187 g/mol. The Balaban J connectivity index is 1.95. The van der Waals surface area contributed by atoms with Crippen molar-refractivity contribution >= 4 is 18.1 Å². The van der Waals surface area contributed by atoms with Crippen LogP contribution in [0.3, 0.4) is 0 Å². The molecule has 2 aliphatic heterocycles. The van der Waals surface area contributed by atoms with E-state index in [-0.39, 0.29) is 0 Å². The van der Waals surface area contributed by atoms with Crippen molar-refractivity contribution in [3.05, 3.63) is 24.3 Å². The van der Waals surface area contributed by atoms with Gasteiger partial charge in [0.25, 0.3) is 12.1 Å². The zero-order valence-corrected chi connectivity index (χ0v) is 7.03. The van der Waals surface area contributed by atoms with E-state index in [1.807, 2.05) is 0 Å². The smallest absolute Gasteiger partial charge is 0.263 e. The third-order valence-electron chi connectivity index (χ3n) is 1.82. The third-order valence-corrected chi connectivity index (χ3v) is 1.82. The molecule has 0 N–H and O–H groups in total. The molecule has 1 aromatic rings. The average Bonchev–Trinajstić information content (AvgIpc) is 2.78. The molecule has 0 saturated carbocycles. The van der Waals surface area contributed by atoms with Crippen LogP contribution in [0.15, 0.2) is 33.4 Å². The van der Waals surface area contributed by atoms with E-state index < -0.39 is 6.23 Å². The Labute approximate surface area is 79.1 Å². The Morgan fingerprint density at radius 3 is 2.86 bits per heavy atom. The lowest BCUT2D eigenvalue weighted by Crippen LogP contribution is -2.06. The Hall–Kier alpha value is -2.11. The molecule has 1 aromatic heterocycles. The molecule has 0 fully saturated rings.